The van der Waals surface area contributed by atoms with Gasteiger partial charge in [0.1, 0.15) is 5.82 Å². The van der Waals surface area contributed by atoms with E-state index >= 15 is 0 Å². The van der Waals surface area contributed by atoms with E-state index in [0.717, 1.165) is 44.1 Å². The van der Waals surface area contributed by atoms with E-state index < -0.39 is 0 Å². The first-order valence-electron chi connectivity index (χ1n) is 8.45. The Morgan fingerprint density at radius 3 is 2.56 bits per heavy atom. The summed E-state index contributed by atoms with van der Waals surface area (Å²) in [5.41, 5.74) is 1.14. The normalized spacial score (nSPS) is 15.6. The second-order valence-corrected chi connectivity index (χ2v) is 7.14. The van der Waals surface area contributed by atoms with Gasteiger partial charge in [-0.1, -0.05) is 29.3 Å². The Labute approximate surface area is 158 Å². The summed E-state index contributed by atoms with van der Waals surface area (Å²) in [5, 5.41) is 1.16. The van der Waals surface area contributed by atoms with Crippen LogP contribution in [0.25, 0.3) is 0 Å². The van der Waals surface area contributed by atoms with Gasteiger partial charge in [-0.25, -0.2) is 4.98 Å². The second-order valence-electron chi connectivity index (χ2n) is 6.32. The first kappa shape index (κ1) is 18.2. The van der Waals surface area contributed by atoms with E-state index in [2.05, 4.69) is 9.88 Å². The minimum atomic E-state index is 0.210. The van der Waals surface area contributed by atoms with Gasteiger partial charge < -0.3 is 9.47 Å². The lowest BCUT2D eigenvalue weighted by molar-refractivity contribution is -0.133. The molecular formula is C18H22Cl2N4O. The van der Waals surface area contributed by atoms with Crippen molar-refractivity contribution in [1.29, 1.82) is 0 Å². The van der Waals surface area contributed by atoms with Gasteiger partial charge in [-0.05, 0) is 24.6 Å². The number of nitrogens with zero attached hydrogens (tertiary/aromatic N) is 4. The topological polar surface area (TPSA) is 41.4 Å². The molecule has 1 aliphatic rings. The van der Waals surface area contributed by atoms with Gasteiger partial charge in [-0.2, -0.15) is 0 Å². The average Bonchev–Trinajstić information content (AvgIpc) is 3.02. The Hall–Kier alpha value is -1.56. The number of halogens is 2. The van der Waals surface area contributed by atoms with Crippen molar-refractivity contribution in [1.82, 2.24) is 19.4 Å². The fourth-order valence-electron chi connectivity index (χ4n) is 3.07. The average molecular weight is 381 g/mol. The molecular weight excluding hydrogens is 359 g/mol. The molecule has 25 heavy (non-hydrogen) atoms. The number of benzene rings is 1. The molecule has 7 heteroatoms. The molecule has 1 aliphatic heterocycles. The highest BCUT2D eigenvalue weighted by molar-refractivity contribution is 6.42. The maximum Gasteiger partial charge on any atom is 0.224 e. The first-order valence-corrected chi connectivity index (χ1v) is 9.20. The molecule has 0 N–H and O–H groups in total. The summed E-state index contributed by atoms with van der Waals surface area (Å²) in [6.45, 7) is 6.74. The van der Waals surface area contributed by atoms with Gasteiger partial charge in [0.2, 0.25) is 5.91 Å². The van der Waals surface area contributed by atoms with Crippen LogP contribution in [0.15, 0.2) is 30.6 Å². The van der Waals surface area contributed by atoms with Gasteiger partial charge in [0, 0.05) is 58.1 Å². The van der Waals surface area contributed by atoms with E-state index in [4.69, 9.17) is 23.2 Å². The highest BCUT2D eigenvalue weighted by Crippen LogP contribution is 2.23. The Bertz CT molecular complexity index is 738. The first-order chi connectivity index (χ1) is 12.0. The molecule has 1 saturated heterocycles. The van der Waals surface area contributed by atoms with Gasteiger partial charge in [-0.15, -0.1) is 0 Å². The Kier molecular flexibility index (Phi) is 5.99. The summed E-state index contributed by atoms with van der Waals surface area (Å²) in [7, 11) is 0. The molecule has 0 radical (unpaired) electrons. The summed E-state index contributed by atoms with van der Waals surface area (Å²) < 4.78 is 2.01. The number of hydrogen-bond acceptors (Lipinski definition) is 3. The highest BCUT2D eigenvalue weighted by Gasteiger charge is 2.21. The quantitative estimate of drug-likeness (QED) is 0.799. The number of aromatic nitrogens is 2. The molecule has 2 heterocycles. The number of amides is 1. The molecule has 0 atom stereocenters. The van der Waals surface area contributed by atoms with Crippen molar-refractivity contribution in [2.24, 2.45) is 0 Å². The third-order valence-electron chi connectivity index (χ3n) is 4.61. The van der Waals surface area contributed by atoms with Crippen LogP contribution in [0.3, 0.4) is 0 Å². The SMILES string of the molecule is Cc1nccn1CCC(=O)N1CCN(Cc2ccc(Cl)c(Cl)c2)CC1. The maximum absolute atomic E-state index is 12.4. The van der Waals surface area contributed by atoms with Crippen LogP contribution in [0.1, 0.15) is 17.8 Å². The summed E-state index contributed by atoms with van der Waals surface area (Å²) in [4.78, 5) is 20.9. The molecule has 0 bridgehead atoms. The molecule has 1 fully saturated rings. The lowest BCUT2D eigenvalue weighted by atomic mass is 10.2. The van der Waals surface area contributed by atoms with Gasteiger partial charge >= 0.3 is 0 Å². The molecule has 1 aromatic heterocycles. The standard InChI is InChI=1S/C18H22Cl2N4O/c1-14-21-5-7-23(14)6-4-18(25)24-10-8-22(9-11-24)13-15-2-3-16(19)17(20)12-15/h2-3,5,7,12H,4,6,8-11,13H2,1H3. The van der Waals surface area contributed by atoms with Gasteiger partial charge in [0.15, 0.2) is 0 Å². The second kappa shape index (κ2) is 8.21. The van der Waals surface area contributed by atoms with E-state index in [0.29, 0.717) is 23.0 Å². The van der Waals surface area contributed by atoms with Crippen molar-refractivity contribution in [3.63, 3.8) is 0 Å². The molecule has 0 saturated carbocycles. The number of carbonyl (C=O) groups excluding carboxylic acids is 1. The van der Waals surface area contributed by atoms with Crippen molar-refractivity contribution in [2.75, 3.05) is 26.2 Å². The molecule has 134 valence electrons. The Morgan fingerprint density at radius 1 is 1.16 bits per heavy atom. The van der Waals surface area contributed by atoms with Crippen LogP contribution in [-0.4, -0.2) is 51.4 Å². The summed E-state index contributed by atoms with van der Waals surface area (Å²) in [6.07, 6.45) is 4.20. The Balaban J connectivity index is 1.45. The van der Waals surface area contributed by atoms with E-state index in [1.54, 1.807) is 6.20 Å². The fourth-order valence-corrected chi connectivity index (χ4v) is 3.39. The molecule has 5 nitrogen and oxygen atoms in total. The summed E-state index contributed by atoms with van der Waals surface area (Å²) in [5.74, 6) is 1.15. The predicted molar refractivity (Wildman–Crippen MR) is 99.9 cm³/mol. The molecule has 3 rings (SSSR count). The number of piperazine rings is 1. The molecule has 0 unspecified atom stereocenters. The van der Waals surface area contributed by atoms with Crippen molar-refractivity contribution in [3.8, 4) is 0 Å². The van der Waals surface area contributed by atoms with E-state index in [9.17, 15) is 4.79 Å². The van der Waals surface area contributed by atoms with Crippen LogP contribution in [0.5, 0.6) is 0 Å². The molecule has 0 aliphatic carbocycles. The van der Waals surface area contributed by atoms with E-state index in [-0.39, 0.29) is 5.91 Å². The van der Waals surface area contributed by atoms with Crippen molar-refractivity contribution >= 4 is 29.1 Å². The predicted octanol–water partition coefficient (Wildman–Crippen LogP) is 3.23. The van der Waals surface area contributed by atoms with Crippen LogP contribution in [0.4, 0.5) is 0 Å². The van der Waals surface area contributed by atoms with E-state index in [1.807, 2.05) is 40.8 Å². The highest BCUT2D eigenvalue weighted by atomic mass is 35.5. The zero-order valence-corrected chi connectivity index (χ0v) is 15.8. The third kappa shape index (κ3) is 4.75. The Morgan fingerprint density at radius 2 is 1.92 bits per heavy atom. The lowest BCUT2D eigenvalue weighted by Crippen LogP contribution is -2.48. The lowest BCUT2D eigenvalue weighted by Gasteiger charge is -2.35. The minimum Gasteiger partial charge on any atom is -0.340 e. The van der Waals surface area contributed by atoms with Crippen LogP contribution >= 0.6 is 23.2 Å². The van der Waals surface area contributed by atoms with E-state index in [1.165, 1.54) is 0 Å². The number of carbonyl (C=O) groups is 1. The summed E-state index contributed by atoms with van der Waals surface area (Å²) >= 11 is 12.0. The van der Waals surface area contributed by atoms with Crippen LogP contribution in [0, 0.1) is 6.92 Å². The fraction of sp³-hybridized carbons (Fsp3) is 0.444. The van der Waals surface area contributed by atoms with Gasteiger partial charge in [0.25, 0.3) is 0 Å². The van der Waals surface area contributed by atoms with Crippen LogP contribution in [-0.2, 0) is 17.9 Å². The maximum atomic E-state index is 12.4. The number of imidazole rings is 1. The third-order valence-corrected chi connectivity index (χ3v) is 5.34. The molecule has 2 aromatic rings. The smallest absolute Gasteiger partial charge is 0.224 e. The molecule has 1 amide bonds. The zero-order valence-electron chi connectivity index (χ0n) is 14.3. The van der Waals surface area contributed by atoms with Crippen LogP contribution in [0.2, 0.25) is 10.0 Å². The minimum absolute atomic E-state index is 0.210. The number of hydrogen-bond donors (Lipinski definition) is 0. The number of aryl methyl sites for hydroxylation is 2. The van der Waals surface area contributed by atoms with Gasteiger partial charge in [0.05, 0.1) is 10.0 Å². The largest absolute Gasteiger partial charge is 0.340 e. The molecule has 1 aromatic carbocycles. The monoisotopic (exact) mass is 380 g/mol. The molecule has 0 spiro atoms. The van der Waals surface area contributed by atoms with Crippen LogP contribution < -0.4 is 0 Å². The van der Waals surface area contributed by atoms with Crippen molar-refractivity contribution in [2.45, 2.75) is 26.4 Å². The number of rotatable bonds is 5. The van der Waals surface area contributed by atoms with Crippen molar-refractivity contribution in [3.05, 3.63) is 52.0 Å². The summed E-state index contributed by atoms with van der Waals surface area (Å²) in [6, 6.07) is 5.74. The zero-order chi connectivity index (χ0) is 17.8. The van der Waals surface area contributed by atoms with Gasteiger partial charge in [-0.3, -0.25) is 9.69 Å². The van der Waals surface area contributed by atoms with Crippen molar-refractivity contribution < 1.29 is 4.79 Å².